The lowest BCUT2D eigenvalue weighted by Gasteiger charge is -2.22. The zero-order valence-corrected chi connectivity index (χ0v) is 12.9. The molecule has 1 aliphatic rings. The summed E-state index contributed by atoms with van der Waals surface area (Å²) in [5, 5.41) is 4.65. The summed E-state index contributed by atoms with van der Waals surface area (Å²) in [6.45, 7) is 2.38. The molecule has 1 aromatic carbocycles. The van der Waals surface area contributed by atoms with Gasteiger partial charge in [0.1, 0.15) is 6.04 Å². The lowest BCUT2D eigenvalue weighted by Crippen LogP contribution is -2.31. The largest absolute Gasteiger partial charge is 0.337 e. The highest BCUT2D eigenvalue weighted by atomic mass is 35.5. The topological polar surface area (TPSA) is 59.2 Å². The average molecular weight is 326 g/mol. The minimum absolute atomic E-state index is 0.166. The van der Waals surface area contributed by atoms with E-state index < -0.39 is 0 Å². The Balaban J connectivity index is 1.91. The van der Waals surface area contributed by atoms with Crippen LogP contribution in [0, 0.1) is 6.92 Å². The number of amides is 1. The van der Waals surface area contributed by atoms with Crippen LogP contribution in [0.3, 0.4) is 0 Å². The second-order valence-electron chi connectivity index (χ2n) is 4.96. The number of benzene rings is 1. The number of carbonyl (C=O) groups excluding carboxylic acids is 1. The third-order valence-electron chi connectivity index (χ3n) is 3.50. The second kappa shape index (κ2) is 5.66. The molecule has 0 spiro atoms. The van der Waals surface area contributed by atoms with Crippen molar-refractivity contribution in [3.05, 3.63) is 45.5 Å². The first kappa shape index (κ1) is 14.4. The predicted octanol–water partition coefficient (Wildman–Crippen LogP) is 3.66. The zero-order valence-electron chi connectivity index (χ0n) is 11.3. The van der Waals surface area contributed by atoms with E-state index in [1.807, 2.05) is 0 Å². The van der Waals surface area contributed by atoms with Crippen molar-refractivity contribution in [1.82, 2.24) is 15.0 Å². The van der Waals surface area contributed by atoms with Crippen LogP contribution in [0.15, 0.2) is 22.7 Å². The number of likely N-dealkylation sites (tertiary alicyclic amines) is 1. The molecule has 0 radical (unpaired) electrons. The Bertz CT molecular complexity index is 687. The van der Waals surface area contributed by atoms with Gasteiger partial charge in [0.2, 0.25) is 5.89 Å². The number of hydrogen-bond acceptors (Lipinski definition) is 4. The molecule has 1 saturated heterocycles. The molecule has 0 bridgehead atoms. The molecule has 0 saturated carbocycles. The summed E-state index contributed by atoms with van der Waals surface area (Å²) in [6, 6.07) is 4.66. The molecule has 5 nitrogen and oxygen atoms in total. The number of rotatable bonds is 2. The fraction of sp³-hybridized carbons (Fsp3) is 0.357. The maximum atomic E-state index is 12.7. The Morgan fingerprint density at radius 3 is 2.95 bits per heavy atom. The number of carbonyl (C=O) groups is 1. The Hall–Kier alpha value is -1.59. The highest BCUT2D eigenvalue weighted by Gasteiger charge is 2.35. The quantitative estimate of drug-likeness (QED) is 0.845. The minimum Gasteiger partial charge on any atom is -0.337 e. The molecule has 1 atom stereocenters. The van der Waals surface area contributed by atoms with E-state index in [-0.39, 0.29) is 11.9 Å². The Labute approximate surface area is 131 Å². The van der Waals surface area contributed by atoms with Crippen LogP contribution in [0.4, 0.5) is 0 Å². The van der Waals surface area contributed by atoms with Crippen molar-refractivity contribution in [1.29, 1.82) is 0 Å². The van der Waals surface area contributed by atoms with Gasteiger partial charge in [0.25, 0.3) is 5.91 Å². The first-order chi connectivity index (χ1) is 10.1. The molecule has 7 heteroatoms. The lowest BCUT2D eigenvalue weighted by atomic mass is 10.1. The van der Waals surface area contributed by atoms with Gasteiger partial charge in [0, 0.05) is 11.6 Å². The van der Waals surface area contributed by atoms with Crippen molar-refractivity contribution in [2.45, 2.75) is 25.8 Å². The molecule has 2 aromatic rings. The third kappa shape index (κ3) is 2.76. The van der Waals surface area contributed by atoms with Crippen molar-refractivity contribution >= 4 is 29.1 Å². The molecule has 1 unspecified atom stereocenters. The van der Waals surface area contributed by atoms with Crippen molar-refractivity contribution in [2.75, 3.05) is 6.54 Å². The molecular weight excluding hydrogens is 313 g/mol. The van der Waals surface area contributed by atoms with Crippen LogP contribution < -0.4 is 0 Å². The van der Waals surface area contributed by atoms with E-state index in [2.05, 4.69) is 10.1 Å². The summed E-state index contributed by atoms with van der Waals surface area (Å²) in [6.07, 6.45) is 1.68. The van der Waals surface area contributed by atoms with E-state index in [4.69, 9.17) is 27.7 Å². The predicted molar refractivity (Wildman–Crippen MR) is 78.5 cm³/mol. The molecule has 0 N–H and O–H groups in total. The van der Waals surface area contributed by atoms with Gasteiger partial charge in [-0.2, -0.15) is 4.98 Å². The molecule has 0 aliphatic carbocycles. The van der Waals surface area contributed by atoms with E-state index in [0.29, 0.717) is 33.9 Å². The van der Waals surface area contributed by atoms with Crippen LogP contribution in [0.5, 0.6) is 0 Å². The van der Waals surface area contributed by atoms with E-state index >= 15 is 0 Å². The van der Waals surface area contributed by atoms with Crippen LogP contribution in [0.1, 0.15) is 41.0 Å². The molecular formula is C14H13Cl2N3O2. The molecule has 3 rings (SSSR count). The number of hydrogen-bond donors (Lipinski definition) is 0. The molecule has 1 aliphatic heterocycles. The number of aromatic nitrogens is 2. The highest BCUT2D eigenvalue weighted by Crippen LogP contribution is 2.33. The van der Waals surface area contributed by atoms with Gasteiger partial charge in [-0.1, -0.05) is 28.4 Å². The third-order valence-corrected chi connectivity index (χ3v) is 4.07. The Morgan fingerprint density at radius 1 is 1.43 bits per heavy atom. The van der Waals surface area contributed by atoms with E-state index in [0.717, 1.165) is 12.8 Å². The van der Waals surface area contributed by atoms with Crippen LogP contribution in [0.2, 0.25) is 10.0 Å². The van der Waals surface area contributed by atoms with Gasteiger partial charge in [-0.25, -0.2) is 0 Å². The lowest BCUT2D eigenvalue weighted by molar-refractivity contribution is 0.0710. The van der Waals surface area contributed by atoms with Crippen LogP contribution in [-0.2, 0) is 0 Å². The van der Waals surface area contributed by atoms with Crippen LogP contribution in [0.25, 0.3) is 0 Å². The standard InChI is InChI=1S/C14H13Cl2N3O2/c1-8-17-13(21-18-8)12-3-2-6-19(12)14(20)10-7-9(15)4-5-11(10)16/h4-5,7,12H,2-3,6H2,1H3. The zero-order chi connectivity index (χ0) is 15.0. The molecule has 21 heavy (non-hydrogen) atoms. The van der Waals surface area contributed by atoms with Crippen LogP contribution in [-0.4, -0.2) is 27.5 Å². The first-order valence-electron chi connectivity index (χ1n) is 6.62. The summed E-state index contributed by atoms with van der Waals surface area (Å²) in [5.74, 6) is 0.863. The van der Waals surface area contributed by atoms with Gasteiger partial charge in [-0.3, -0.25) is 4.79 Å². The van der Waals surface area contributed by atoms with Gasteiger partial charge in [0.05, 0.1) is 10.6 Å². The molecule has 110 valence electrons. The fourth-order valence-electron chi connectivity index (χ4n) is 2.53. The van der Waals surface area contributed by atoms with Gasteiger partial charge in [0.15, 0.2) is 5.82 Å². The van der Waals surface area contributed by atoms with E-state index in [9.17, 15) is 4.79 Å². The van der Waals surface area contributed by atoms with Crippen molar-refractivity contribution in [3.8, 4) is 0 Å². The SMILES string of the molecule is Cc1noc(C2CCCN2C(=O)c2cc(Cl)ccc2Cl)n1. The van der Waals surface area contributed by atoms with Crippen LogP contribution >= 0.6 is 23.2 Å². The normalized spacial score (nSPS) is 18.2. The maximum absolute atomic E-state index is 12.7. The van der Waals surface area contributed by atoms with Crippen molar-refractivity contribution in [2.24, 2.45) is 0 Å². The average Bonchev–Trinajstić information content (AvgIpc) is 3.09. The second-order valence-corrected chi connectivity index (χ2v) is 5.80. The first-order valence-corrected chi connectivity index (χ1v) is 7.38. The fourth-order valence-corrected chi connectivity index (χ4v) is 2.90. The number of aryl methyl sites for hydroxylation is 1. The Kier molecular flexibility index (Phi) is 3.87. The summed E-state index contributed by atoms with van der Waals surface area (Å²) in [7, 11) is 0. The number of nitrogens with zero attached hydrogens (tertiary/aromatic N) is 3. The molecule has 2 heterocycles. The summed E-state index contributed by atoms with van der Waals surface area (Å²) < 4.78 is 5.20. The summed E-state index contributed by atoms with van der Waals surface area (Å²) >= 11 is 12.1. The van der Waals surface area contributed by atoms with E-state index in [1.54, 1.807) is 30.0 Å². The van der Waals surface area contributed by atoms with Crippen molar-refractivity contribution in [3.63, 3.8) is 0 Å². The van der Waals surface area contributed by atoms with Gasteiger partial charge in [-0.15, -0.1) is 0 Å². The van der Waals surface area contributed by atoms with Gasteiger partial charge in [-0.05, 0) is 38.0 Å². The molecule has 1 amide bonds. The monoisotopic (exact) mass is 325 g/mol. The smallest absolute Gasteiger partial charge is 0.256 e. The minimum atomic E-state index is -0.200. The van der Waals surface area contributed by atoms with Crippen molar-refractivity contribution < 1.29 is 9.32 Å². The summed E-state index contributed by atoms with van der Waals surface area (Å²) in [5.41, 5.74) is 0.396. The van der Waals surface area contributed by atoms with Gasteiger partial charge >= 0.3 is 0 Å². The highest BCUT2D eigenvalue weighted by molar-refractivity contribution is 6.35. The molecule has 1 fully saturated rings. The summed E-state index contributed by atoms with van der Waals surface area (Å²) in [4.78, 5) is 18.6. The molecule has 1 aromatic heterocycles. The van der Waals surface area contributed by atoms with E-state index in [1.165, 1.54) is 0 Å². The van der Waals surface area contributed by atoms with Gasteiger partial charge < -0.3 is 9.42 Å². The Morgan fingerprint density at radius 2 is 2.24 bits per heavy atom. The number of halogens is 2. The maximum Gasteiger partial charge on any atom is 0.256 e.